The minimum absolute atomic E-state index is 0.0230. The van der Waals surface area contributed by atoms with Crippen LogP contribution in [0.15, 0.2) is 29.8 Å². The van der Waals surface area contributed by atoms with Gasteiger partial charge in [-0.05, 0) is 18.1 Å². The number of aliphatic hydroxyl groups excluding tert-OH is 3. The molecular formula is C18H23NO5. The lowest BCUT2D eigenvalue weighted by Crippen LogP contribution is -2.43. The number of para-hydroxylation sites is 1. The zero-order chi connectivity index (χ0) is 17.3. The van der Waals surface area contributed by atoms with E-state index in [9.17, 15) is 20.1 Å². The van der Waals surface area contributed by atoms with E-state index in [0.717, 1.165) is 23.3 Å². The molecule has 0 saturated heterocycles. The number of fused-ring (bicyclic) bond motifs is 1. The summed E-state index contributed by atoms with van der Waals surface area (Å²) in [5, 5.41) is 32.0. The van der Waals surface area contributed by atoms with E-state index in [4.69, 9.17) is 4.74 Å². The number of benzene rings is 1. The van der Waals surface area contributed by atoms with E-state index >= 15 is 0 Å². The fourth-order valence-electron chi connectivity index (χ4n) is 3.28. The van der Waals surface area contributed by atoms with E-state index in [1.165, 1.54) is 6.08 Å². The van der Waals surface area contributed by atoms with Crippen molar-refractivity contribution in [3.05, 3.63) is 41.0 Å². The Bertz CT molecular complexity index is 657. The highest BCUT2D eigenvalue weighted by Crippen LogP contribution is 2.35. The smallest absolute Gasteiger partial charge is 0.247 e. The number of ether oxygens (including phenoxy) is 1. The van der Waals surface area contributed by atoms with Crippen LogP contribution in [0.1, 0.15) is 36.9 Å². The van der Waals surface area contributed by atoms with Crippen LogP contribution in [0.4, 0.5) is 0 Å². The van der Waals surface area contributed by atoms with Crippen LogP contribution in [-0.2, 0) is 11.2 Å². The van der Waals surface area contributed by atoms with Gasteiger partial charge in [0.25, 0.3) is 0 Å². The Morgan fingerprint density at radius 1 is 1.33 bits per heavy atom. The Morgan fingerprint density at radius 2 is 2.12 bits per heavy atom. The molecule has 0 bridgehead atoms. The number of carbonyl (C=O) groups excluding carboxylic acids is 1. The lowest BCUT2D eigenvalue weighted by atomic mass is 9.91. The van der Waals surface area contributed by atoms with Gasteiger partial charge >= 0.3 is 0 Å². The van der Waals surface area contributed by atoms with Crippen LogP contribution in [0.3, 0.4) is 0 Å². The molecule has 0 aromatic heterocycles. The van der Waals surface area contributed by atoms with Crippen molar-refractivity contribution in [3.8, 4) is 5.75 Å². The monoisotopic (exact) mass is 333 g/mol. The second kappa shape index (κ2) is 6.93. The first-order chi connectivity index (χ1) is 11.5. The first kappa shape index (κ1) is 17.0. The van der Waals surface area contributed by atoms with Gasteiger partial charge < -0.3 is 25.4 Å². The Kier molecular flexibility index (Phi) is 4.89. The van der Waals surface area contributed by atoms with Gasteiger partial charge in [0.2, 0.25) is 5.91 Å². The summed E-state index contributed by atoms with van der Waals surface area (Å²) in [6, 6.07) is 5.74. The van der Waals surface area contributed by atoms with Crippen molar-refractivity contribution >= 4 is 5.91 Å². The quantitative estimate of drug-likeness (QED) is 0.649. The van der Waals surface area contributed by atoms with Gasteiger partial charge in [0, 0.05) is 24.0 Å². The van der Waals surface area contributed by atoms with E-state index in [1.54, 1.807) is 0 Å². The highest BCUT2D eigenvalue weighted by Gasteiger charge is 2.33. The van der Waals surface area contributed by atoms with Crippen molar-refractivity contribution in [1.82, 2.24) is 5.32 Å². The summed E-state index contributed by atoms with van der Waals surface area (Å²) in [4.78, 5) is 12.5. The molecule has 24 heavy (non-hydrogen) atoms. The van der Waals surface area contributed by atoms with Crippen LogP contribution in [-0.4, -0.2) is 46.1 Å². The number of aliphatic hydroxyl groups is 3. The molecule has 4 N–H and O–H groups in total. The molecule has 0 fully saturated rings. The molecule has 2 aliphatic rings. The summed E-state index contributed by atoms with van der Waals surface area (Å²) in [5.41, 5.74) is 2.35. The number of carbonyl (C=O) groups is 1. The molecule has 3 rings (SSSR count). The number of nitrogens with one attached hydrogen (secondary N) is 1. The summed E-state index contributed by atoms with van der Waals surface area (Å²) in [7, 11) is 0. The molecule has 1 heterocycles. The number of rotatable bonds is 3. The predicted octanol–water partition coefficient (Wildman–Crippen LogP) is 0.602. The predicted molar refractivity (Wildman–Crippen MR) is 87.5 cm³/mol. The first-order valence-corrected chi connectivity index (χ1v) is 8.31. The summed E-state index contributed by atoms with van der Waals surface area (Å²) in [6.07, 6.45) is -0.775. The molecule has 1 aromatic carbocycles. The van der Waals surface area contributed by atoms with E-state index in [1.807, 2.05) is 18.2 Å². The molecule has 1 aliphatic carbocycles. The third kappa shape index (κ3) is 3.17. The van der Waals surface area contributed by atoms with Gasteiger partial charge in [-0.25, -0.2) is 0 Å². The van der Waals surface area contributed by atoms with Crippen molar-refractivity contribution in [2.75, 3.05) is 6.61 Å². The van der Waals surface area contributed by atoms with Gasteiger partial charge in [-0.1, -0.05) is 25.1 Å². The van der Waals surface area contributed by atoms with Gasteiger partial charge in [-0.2, -0.15) is 0 Å². The Labute approximate surface area is 140 Å². The van der Waals surface area contributed by atoms with Gasteiger partial charge in [-0.3, -0.25) is 4.79 Å². The van der Waals surface area contributed by atoms with Crippen LogP contribution in [0.5, 0.6) is 5.75 Å². The minimum atomic E-state index is -1.25. The largest absolute Gasteiger partial charge is 0.493 e. The standard InChI is InChI=1S/C18H23NO5/c1-2-10-4-3-5-12-13(6-7-24-17(10)12)19-18(23)11-8-14(20)16(22)15(21)9-11/h3-5,8,13-16,20-22H,2,6-7,9H2,1H3,(H,19,23)/t13?,14-,15-,16-/m1/s1. The normalized spacial score (nSPS) is 29.2. The second-order valence-corrected chi connectivity index (χ2v) is 6.30. The second-order valence-electron chi connectivity index (χ2n) is 6.30. The summed E-state index contributed by atoms with van der Waals surface area (Å²) < 4.78 is 5.77. The molecule has 1 aliphatic heterocycles. The summed E-state index contributed by atoms with van der Waals surface area (Å²) in [5.74, 6) is 0.504. The van der Waals surface area contributed by atoms with Crippen LogP contribution in [0.25, 0.3) is 0 Å². The molecule has 0 radical (unpaired) electrons. The van der Waals surface area contributed by atoms with E-state index in [0.29, 0.717) is 18.6 Å². The fourth-order valence-corrected chi connectivity index (χ4v) is 3.28. The fraction of sp³-hybridized carbons (Fsp3) is 0.500. The molecule has 1 amide bonds. The van der Waals surface area contributed by atoms with E-state index in [2.05, 4.69) is 12.2 Å². The topological polar surface area (TPSA) is 99.0 Å². The highest BCUT2D eigenvalue weighted by atomic mass is 16.5. The molecule has 6 nitrogen and oxygen atoms in total. The number of hydrogen-bond acceptors (Lipinski definition) is 5. The van der Waals surface area contributed by atoms with Crippen molar-refractivity contribution in [2.45, 2.75) is 50.5 Å². The van der Waals surface area contributed by atoms with Crippen molar-refractivity contribution in [1.29, 1.82) is 0 Å². The van der Waals surface area contributed by atoms with Gasteiger partial charge in [0.05, 0.1) is 18.8 Å². The van der Waals surface area contributed by atoms with E-state index in [-0.39, 0.29) is 18.4 Å². The maximum atomic E-state index is 12.5. The average molecular weight is 333 g/mol. The molecule has 1 aromatic rings. The van der Waals surface area contributed by atoms with Crippen LogP contribution < -0.4 is 10.1 Å². The zero-order valence-corrected chi connectivity index (χ0v) is 13.6. The maximum absolute atomic E-state index is 12.5. The van der Waals surface area contributed by atoms with Gasteiger partial charge in [0.15, 0.2) is 0 Å². The molecule has 6 heteroatoms. The third-order valence-corrected chi connectivity index (χ3v) is 4.68. The molecule has 4 atom stereocenters. The third-order valence-electron chi connectivity index (χ3n) is 4.68. The summed E-state index contributed by atoms with van der Waals surface area (Å²) >= 11 is 0. The molecule has 0 saturated carbocycles. The van der Waals surface area contributed by atoms with Crippen LogP contribution >= 0.6 is 0 Å². The van der Waals surface area contributed by atoms with Crippen molar-refractivity contribution in [2.24, 2.45) is 0 Å². The average Bonchev–Trinajstić information content (AvgIpc) is 2.59. The molecule has 1 unspecified atom stereocenters. The van der Waals surface area contributed by atoms with Gasteiger partial charge in [-0.15, -0.1) is 0 Å². The first-order valence-electron chi connectivity index (χ1n) is 8.31. The zero-order valence-electron chi connectivity index (χ0n) is 13.6. The van der Waals surface area contributed by atoms with Crippen LogP contribution in [0.2, 0.25) is 0 Å². The summed E-state index contributed by atoms with van der Waals surface area (Å²) in [6.45, 7) is 2.58. The Hall–Kier alpha value is -1.89. The highest BCUT2D eigenvalue weighted by molar-refractivity contribution is 5.94. The number of aryl methyl sites for hydroxylation is 1. The SMILES string of the molecule is CCc1cccc2c1OCCC2NC(=O)C1=C[C@@H](O)[C@@H](O)[C@H](O)C1. The molecule has 130 valence electrons. The number of amides is 1. The number of hydrogen-bond donors (Lipinski definition) is 4. The van der Waals surface area contributed by atoms with Crippen molar-refractivity contribution < 1.29 is 24.9 Å². The van der Waals surface area contributed by atoms with Crippen LogP contribution in [0, 0.1) is 0 Å². The molecular weight excluding hydrogens is 310 g/mol. The maximum Gasteiger partial charge on any atom is 0.247 e. The molecule has 0 spiro atoms. The minimum Gasteiger partial charge on any atom is -0.493 e. The lowest BCUT2D eigenvalue weighted by molar-refractivity contribution is -0.120. The van der Waals surface area contributed by atoms with E-state index < -0.39 is 18.3 Å². The Morgan fingerprint density at radius 3 is 2.83 bits per heavy atom. The van der Waals surface area contributed by atoms with Crippen molar-refractivity contribution in [3.63, 3.8) is 0 Å². The van der Waals surface area contributed by atoms with Gasteiger partial charge in [0.1, 0.15) is 18.0 Å². The lowest BCUT2D eigenvalue weighted by Gasteiger charge is -2.30. The Balaban J connectivity index is 1.78.